The monoisotopic (exact) mass is 563 g/mol. The standard InChI is InChI=1S/C41H29N3/c1-5-19-38-34(15-1)35-16-2-6-20-39(35)43(38)32-13-9-11-28(24-32)30-23-31(27-42-26-30)29-12-10-14-33(25-29)44-40-21-7-3-17-36(40)37-18-4-8-22-41(37)44/h1-26,42H,27H2. The van der Waals surface area contributed by atoms with Gasteiger partial charge in [0.1, 0.15) is 0 Å². The summed E-state index contributed by atoms with van der Waals surface area (Å²) in [7, 11) is 0. The number of aromatic nitrogens is 2. The lowest BCUT2D eigenvalue weighted by molar-refractivity contribution is 0.989. The Bertz CT molecular complexity index is 2340. The van der Waals surface area contributed by atoms with Crippen LogP contribution in [0.3, 0.4) is 0 Å². The van der Waals surface area contributed by atoms with E-state index in [0.29, 0.717) is 0 Å². The average molecular weight is 564 g/mol. The molecule has 9 rings (SSSR count). The maximum atomic E-state index is 3.56. The molecule has 0 spiro atoms. The van der Waals surface area contributed by atoms with Crippen molar-refractivity contribution in [3.05, 3.63) is 169 Å². The largest absolute Gasteiger partial charge is 0.386 e. The van der Waals surface area contributed by atoms with Crippen LogP contribution in [0.25, 0.3) is 66.1 Å². The molecule has 0 saturated carbocycles. The molecule has 1 aliphatic heterocycles. The van der Waals surface area contributed by atoms with E-state index in [1.54, 1.807) is 0 Å². The van der Waals surface area contributed by atoms with Crippen molar-refractivity contribution in [2.45, 2.75) is 0 Å². The molecule has 3 heterocycles. The fourth-order valence-electron chi connectivity index (χ4n) is 6.97. The molecule has 0 aliphatic carbocycles. The lowest BCUT2D eigenvalue weighted by Gasteiger charge is -2.18. The second-order valence-corrected chi connectivity index (χ2v) is 11.5. The fraction of sp³-hybridized carbons (Fsp3) is 0.0244. The van der Waals surface area contributed by atoms with Gasteiger partial charge < -0.3 is 14.5 Å². The van der Waals surface area contributed by atoms with Crippen LogP contribution < -0.4 is 5.32 Å². The van der Waals surface area contributed by atoms with Crippen LogP contribution in [-0.2, 0) is 0 Å². The minimum atomic E-state index is 0.784. The highest BCUT2D eigenvalue weighted by atomic mass is 15.0. The van der Waals surface area contributed by atoms with Gasteiger partial charge >= 0.3 is 0 Å². The van der Waals surface area contributed by atoms with Crippen LogP contribution in [0.1, 0.15) is 11.1 Å². The van der Waals surface area contributed by atoms with Crippen molar-refractivity contribution in [3.8, 4) is 11.4 Å². The molecule has 2 aromatic heterocycles. The number of hydrogen-bond donors (Lipinski definition) is 1. The highest BCUT2D eigenvalue weighted by molar-refractivity contribution is 6.10. The molecular weight excluding hydrogens is 534 g/mol. The van der Waals surface area contributed by atoms with Crippen LogP contribution in [0.15, 0.2) is 158 Å². The molecule has 1 aliphatic rings. The molecular formula is C41H29N3. The molecule has 208 valence electrons. The predicted molar refractivity (Wildman–Crippen MR) is 186 cm³/mol. The molecule has 3 nitrogen and oxygen atoms in total. The number of fused-ring (bicyclic) bond motifs is 6. The van der Waals surface area contributed by atoms with E-state index in [1.165, 1.54) is 71.6 Å². The topological polar surface area (TPSA) is 21.9 Å². The highest BCUT2D eigenvalue weighted by Crippen LogP contribution is 2.35. The smallest absolute Gasteiger partial charge is 0.0541 e. The maximum absolute atomic E-state index is 3.56. The van der Waals surface area contributed by atoms with Crippen LogP contribution in [0, 0.1) is 0 Å². The van der Waals surface area contributed by atoms with E-state index in [4.69, 9.17) is 0 Å². The number of nitrogens with zero attached hydrogens (tertiary/aromatic N) is 2. The number of allylic oxidation sites excluding steroid dienone is 2. The molecule has 8 aromatic rings. The lowest BCUT2D eigenvalue weighted by atomic mass is 9.96. The first kappa shape index (κ1) is 24.8. The quantitative estimate of drug-likeness (QED) is 0.226. The van der Waals surface area contributed by atoms with E-state index < -0.39 is 0 Å². The third-order valence-corrected chi connectivity index (χ3v) is 8.95. The van der Waals surface area contributed by atoms with E-state index in [0.717, 1.165) is 12.2 Å². The first-order chi connectivity index (χ1) is 21.8. The first-order valence-corrected chi connectivity index (χ1v) is 15.2. The van der Waals surface area contributed by atoms with Gasteiger partial charge in [0.25, 0.3) is 0 Å². The van der Waals surface area contributed by atoms with Crippen molar-refractivity contribution in [2.24, 2.45) is 0 Å². The number of benzene rings is 6. The molecule has 6 aromatic carbocycles. The van der Waals surface area contributed by atoms with Crippen molar-refractivity contribution in [1.82, 2.24) is 14.5 Å². The number of hydrogen-bond acceptors (Lipinski definition) is 1. The third-order valence-electron chi connectivity index (χ3n) is 8.95. The van der Waals surface area contributed by atoms with Gasteiger partial charge in [0.05, 0.1) is 22.1 Å². The lowest BCUT2D eigenvalue weighted by Crippen LogP contribution is -2.14. The summed E-state index contributed by atoms with van der Waals surface area (Å²) in [6, 6.07) is 52.5. The number of dihydropyridines is 1. The summed E-state index contributed by atoms with van der Waals surface area (Å²) in [5.41, 5.74) is 12.1. The van der Waals surface area contributed by atoms with Gasteiger partial charge in [0.2, 0.25) is 0 Å². The van der Waals surface area contributed by atoms with Crippen molar-refractivity contribution in [3.63, 3.8) is 0 Å². The zero-order valence-electron chi connectivity index (χ0n) is 24.1. The van der Waals surface area contributed by atoms with Crippen molar-refractivity contribution in [2.75, 3.05) is 6.54 Å². The van der Waals surface area contributed by atoms with Crippen LogP contribution in [0.5, 0.6) is 0 Å². The van der Waals surface area contributed by atoms with E-state index in [9.17, 15) is 0 Å². The Hall–Kier alpha value is -5.80. The molecule has 1 N–H and O–H groups in total. The van der Waals surface area contributed by atoms with Gasteiger partial charge in [-0.3, -0.25) is 0 Å². The molecule has 0 bridgehead atoms. The Morgan fingerprint density at radius 3 is 1.36 bits per heavy atom. The summed E-state index contributed by atoms with van der Waals surface area (Å²) in [5.74, 6) is 0. The third kappa shape index (κ3) is 3.83. The molecule has 0 amide bonds. The number of rotatable bonds is 4. The Morgan fingerprint density at radius 1 is 0.432 bits per heavy atom. The zero-order valence-corrected chi connectivity index (χ0v) is 24.1. The molecule has 0 atom stereocenters. The second-order valence-electron chi connectivity index (χ2n) is 11.5. The molecule has 0 unspecified atom stereocenters. The average Bonchev–Trinajstić information content (AvgIpc) is 3.62. The Balaban J connectivity index is 1.13. The van der Waals surface area contributed by atoms with Gasteiger partial charge in [-0.2, -0.15) is 0 Å². The van der Waals surface area contributed by atoms with Crippen LogP contribution in [0.2, 0.25) is 0 Å². The Kier molecular flexibility index (Phi) is 5.57. The molecule has 0 fully saturated rings. The van der Waals surface area contributed by atoms with Gasteiger partial charge in [-0.15, -0.1) is 0 Å². The molecule has 0 radical (unpaired) electrons. The van der Waals surface area contributed by atoms with Gasteiger partial charge in [0, 0.05) is 45.7 Å². The van der Waals surface area contributed by atoms with E-state index in [2.05, 4.69) is 172 Å². The van der Waals surface area contributed by atoms with Crippen molar-refractivity contribution in [1.29, 1.82) is 0 Å². The van der Waals surface area contributed by atoms with Gasteiger partial charge in [0.15, 0.2) is 0 Å². The minimum absolute atomic E-state index is 0.784. The van der Waals surface area contributed by atoms with Crippen molar-refractivity contribution < 1.29 is 0 Å². The summed E-state index contributed by atoms with van der Waals surface area (Å²) >= 11 is 0. The minimum Gasteiger partial charge on any atom is -0.386 e. The Morgan fingerprint density at radius 2 is 0.864 bits per heavy atom. The van der Waals surface area contributed by atoms with E-state index in [-0.39, 0.29) is 0 Å². The highest BCUT2D eigenvalue weighted by Gasteiger charge is 2.16. The summed E-state index contributed by atoms with van der Waals surface area (Å²) in [5, 5.41) is 8.67. The SMILES string of the molecule is C1=C(c2cccc(-n3c4ccccc4c4ccccc43)c2)C=C(c2cccc(-n3c4ccccc4c4ccccc43)c2)CN1. The Labute approximate surface area is 255 Å². The molecule has 0 saturated heterocycles. The molecule has 44 heavy (non-hydrogen) atoms. The van der Waals surface area contributed by atoms with Crippen LogP contribution in [0.4, 0.5) is 0 Å². The normalized spacial score (nSPS) is 13.4. The summed E-state index contributed by atoms with van der Waals surface area (Å²) in [4.78, 5) is 0. The first-order valence-electron chi connectivity index (χ1n) is 15.2. The summed E-state index contributed by atoms with van der Waals surface area (Å²) in [6.45, 7) is 0.784. The van der Waals surface area contributed by atoms with E-state index >= 15 is 0 Å². The zero-order chi connectivity index (χ0) is 29.0. The second kappa shape index (κ2) is 9.89. The van der Waals surface area contributed by atoms with Gasteiger partial charge in [-0.25, -0.2) is 0 Å². The van der Waals surface area contributed by atoms with Crippen LogP contribution in [-0.4, -0.2) is 15.7 Å². The number of para-hydroxylation sites is 4. The summed E-state index contributed by atoms with van der Waals surface area (Å²) < 4.78 is 4.77. The van der Waals surface area contributed by atoms with Gasteiger partial charge in [-0.1, -0.05) is 97.1 Å². The van der Waals surface area contributed by atoms with Crippen molar-refractivity contribution >= 4 is 54.8 Å². The molecule has 3 heteroatoms. The summed E-state index contributed by atoms with van der Waals surface area (Å²) in [6.07, 6.45) is 4.48. The van der Waals surface area contributed by atoms with E-state index in [1.807, 2.05) is 0 Å². The van der Waals surface area contributed by atoms with Crippen LogP contribution >= 0.6 is 0 Å². The van der Waals surface area contributed by atoms with Gasteiger partial charge in [-0.05, 0) is 76.9 Å². The maximum Gasteiger partial charge on any atom is 0.0541 e. The predicted octanol–water partition coefficient (Wildman–Crippen LogP) is 9.91. The number of nitrogens with one attached hydrogen (secondary N) is 1. The fourth-order valence-corrected chi connectivity index (χ4v) is 6.97.